The largest absolute Gasteiger partial charge is 0.481 e. The zero-order valence-electron chi connectivity index (χ0n) is 8.09. The fourth-order valence-corrected chi connectivity index (χ4v) is 1.96. The van der Waals surface area contributed by atoms with E-state index in [1.165, 1.54) is 11.8 Å². The van der Waals surface area contributed by atoms with Crippen LogP contribution in [0, 0.1) is 0 Å². The molecule has 0 aliphatic heterocycles. The predicted octanol–water partition coefficient (Wildman–Crippen LogP) is 1.20. The summed E-state index contributed by atoms with van der Waals surface area (Å²) < 4.78 is 0. The van der Waals surface area contributed by atoms with Gasteiger partial charge in [0.2, 0.25) is 0 Å². The van der Waals surface area contributed by atoms with Gasteiger partial charge in [-0.05, 0) is 12.1 Å². The van der Waals surface area contributed by atoms with Crippen LogP contribution in [0.5, 0.6) is 0 Å². The number of benzene rings is 1. The van der Waals surface area contributed by atoms with Gasteiger partial charge in [0, 0.05) is 16.3 Å². The molecule has 4 nitrogen and oxygen atoms in total. The lowest BCUT2D eigenvalue weighted by Gasteiger charge is -2.08. The van der Waals surface area contributed by atoms with Crippen molar-refractivity contribution in [1.29, 1.82) is 0 Å². The molecule has 1 aromatic carbocycles. The Kier molecular flexibility index (Phi) is 4.45. The molecule has 1 rings (SSSR count). The summed E-state index contributed by atoms with van der Waals surface area (Å²) in [7, 11) is 0. The van der Waals surface area contributed by atoms with Gasteiger partial charge >= 0.3 is 5.97 Å². The number of rotatable bonds is 5. The van der Waals surface area contributed by atoms with Crippen LogP contribution in [-0.2, 0) is 4.79 Å². The van der Waals surface area contributed by atoms with E-state index in [1.54, 1.807) is 6.07 Å². The van der Waals surface area contributed by atoms with E-state index in [4.69, 9.17) is 10.8 Å². The normalized spacial score (nSPS) is 12.3. The lowest BCUT2D eigenvalue weighted by atomic mass is 10.3. The van der Waals surface area contributed by atoms with Crippen molar-refractivity contribution in [3.05, 3.63) is 24.3 Å². The molecule has 1 aromatic rings. The number of thioether (sulfide) groups is 1. The molecule has 5 heteroatoms. The number of aliphatic carboxylic acids is 1. The van der Waals surface area contributed by atoms with Gasteiger partial charge in [-0.1, -0.05) is 12.1 Å². The van der Waals surface area contributed by atoms with Crippen LogP contribution in [0.3, 0.4) is 0 Å². The maximum Gasteiger partial charge on any atom is 0.306 e. The number of aliphatic hydroxyl groups is 1. The number of carboxylic acid groups (broad SMARTS) is 1. The highest BCUT2D eigenvalue weighted by Gasteiger charge is 2.10. The molecule has 0 bridgehead atoms. The number of aliphatic hydroxyl groups excluding tert-OH is 1. The molecule has 0 fully saturated rings. The van der Waals surface area contributed by atoms with Crippen molar-refractivity contribution in [2.75, 3.05) is 11.5 Å². The molecule has 0 aliphatic carbocycles. The van der Waals surface area contributed by atoms with Crippen molar-refractivity contribution in [3.63, 3.8) is 0 Å². The lowest BCUT2D eigenvalue weighted by Crippen LogP contribution is -2.15. The first-order chi connectivity index (χ1) is 7.09. The zero-order valence-corrected chi connectivity index (χ0v) is 8.91. The second-order valence-corrected chi connectivity index (χ2v) is 4.16. The third-order valence-corrected chi connectivity index (χ3v) is 2.99. The van der Waals surface area contributed by atoms with Crippen molar-refractivity contribution >= 4 is 23.4 Å². The highest BCUT2D eigenvalue weighted by Crippen LogP contribution is 2.25. The first-order valence-electron chi connectivity index (χ1n) is 4.46. The van der Waals surface area contributed by atoms with Crippen LogP contribution in [0.15, 0.2) is 29.2 Å². The van der Waals surface area contributed by atoms with Crippen LogP contribution in [0.4, 0.5) is 5.69 Å². The van der Waals surface area contributed by atoms with Crippen LogP contribution >= 0.6 is 11.8 Å². The molecular weight excluding hydrogens is 214 g/mol. The van der Waals surface area contributed by atoms with Crippen molar-refractivity contribution < 1.29 is 15.0 Å². The minimum atomic E-state index is -0.996. The van der Waals surface area contributed by atoms with Gasteiger partial charge in [-0.15, -0.1) is 11.8 Å². The lowest BCUT2D eigenvalue weighted by molar-refractivity contribution is -0.138. The van der Waals surface area contributed by atoms with Crippen LogP contribution in [-0.4, -0.2) is 28.0 Å². The first kappa shape index (κ1) is 11.9. The number of carbonyl (C=O) groups is 1. The number of hydrogen-bond acceptors (Lipinski definition) is 4. The number of hydrogen-bond donors (Lipinski definition) is 3. The van der Waals surface area contributed by atoms with Crippen molar-refractivity contribution in [1.82, 2.24) is 0 Å². The molecule has 1 unspecified atom stereocenters. The summed E-state index contributed by atoms with van der Waals surface area (Å²) in [6.07, 6.45) is -1.08. The van der Waals surface area contributed by atoms with Crippen LogP contribution in [0.25, 0.3) is 0 Å². The van der Waals surface area contributed by atoms with Crippen molar-refractivity contribution in [2.24, 2.45) is 0 Å². The van der Waals surface area contributed by atoms with Gasteiger partial charge in [-0.25, -0.2) is 0 Å². The van der Waals surface area contributed by atoms with Crippen molar-refractivity contribution in [3.8, 4) is 0 Å². The molecule has 0 saturated heterocycles. The Balaban J connectivity index is 2.43. The second-order valence-electron chi connectivity index (χ2n) is 3.10. The highest BCUT2D eigenvalue weighted by atomic mass is 32.2. The Morgan fingerprint density at radius 2 is 2.13 bits per heavy atom. The standard InChI is InChI=1S/C10H13NO3S/c11-8-3-1-2-4-9(8)15-6-7(12)5-10(13)14/h1-4,7,12H,5-6,11H2,(H,13,14). The van der Waals surface area contributed by atoms with E-state index < -0.39 is 12.1 Å². The van der Waals surface area contributed by atoms with Crippen LogP contribution in [0.2, 0.25) is 0 Å². The molecule has 4 N–H and O–H groups in total. The molecule has 1 atom stereocenters. The average Bonchev–Trinajstić information content (AvgIpc) is 2.15. The van der Waals surface area contributed by atoms with Gasteiger partial charge in [-0.2, -0.15) is 0 Å². The molecular formula is C10H13NO3S. The Morgan fingerprint density at radius 3 is 2.73 bits per heavy atom. The Hall–Kier alpha value is -1.20. The quantitative estimate of drug-likeness (QED) is 0.520. The molecule has 15 heavy (non-hydrogen) atoms. The average molecular weight is 227 g/mol. The fraction of sp³-hybridized carbons (Fsp3) is 0.300. The summed E-state index contributed by atoms with van der Waals surface area (Å²) in [6.45, 7) is 0. The monoisotopic (exact) mass is 227 g/mol. The second kappa shape index (κ2) is 5.63. The van der Waals surface area contributed by atoms with Gasteiger partial charge in [0.05, 0.1) is 12.5 Å². The maximum absolute atomic E-state index is 10.3. The molecule has 0 spiro atoms. The highest BCUT2D eigenvalue weighted by molar-refractivity contribution is 7.99. The molecule has 82 valence electrons. The van der Waals surface area contributed by atoms with Gasteiger partial charge < -0.3 is 15.9 Å². The first-order valence-corrected chi connectivity index (χ1v) is 5.45. The van der Waals surface area contributed by atoms with Gasteiger partial charge in [0.15, 0.2) is 0 Å². The third-order valence-electron chi connectivity index (χ3n) is 1.76. The molecule has 0 saturated carbocycles. The molecule has 0 amide bonds. The predicted molar refractivity (Wildman–Crippen MR) is 59.8 cm³/mol. The van der Waals surface area contributed by atoms with Gasteiger partial charge in [0.25, 0.3) is 0 Å². The summed E-state index contributed by atoms with van der Waals surface area (Å²) in [5.41, 5.74) is 6.33. The van der Waals surface area contributed by atoms with E-state index in [-0.39, 0.29) is 6.42 Å². The number of nitrogen functional groups attached to an aromatic ring is 1. The van der Waals surface area contributed by atoms with E-state index in [9.17, 15) is 9.90 Å². The smallest absolute Gasteiger partial charge is 0.306 e. The van der Waals surface area contributed by atoms with Crippen LogP contribution in [0.1, 0.15) is 6.42 Å². The molecule has 0 heterocycles. The van der Waals surface area contributed by atoms with Crippen LogP contribution < -0.4 is 5.73 Å². The van der Waals surface area contributed by atoms with E-state index >= 15 is 0 Å². The van der Waals surface area contributed by atoms with E-state index in [2.05, 4.69) is 0 Å². The van der Waals surface area contributed by atoms with E-state index in [0.29, 0.717) is 11.4 Å². The maximum atomic E-state index is 10.3. The van der Waals surface area contributed by atoms with Gasteiger partial charge in [0.1, 0.15) is 0 Å². The minimum Gasteiger partial charge on any atom is -0.481 e. The van der Waals surface area contributed by atoms with E-state index in [0.717, 1.165) is 4.90 Å². The molecule has 0 aliphatic rings. The number of carboxylic acids is 1. The summed E-state index contributed by atoms with van der Waals surface area (Å²) in [5.74, 6) is -0.662. The van der Waals surface area contributed by atoms with Gasteiger partial charge in [-0.3, -0.25) is 4.79 Å². The van der Waals surface area contributed by atoms with E-state index in [1.807, 2.05) is 18.2 Å². The molecule has 0 aromatic heterocycles. The Labute approximate surface area is 92.1 Å². The third kappa shape index (κ3) is 4.22. The number of anilines is 1. The topological polar surface area (TPSA) is 83.5 Å². The molecule has 0 radical (unpaired) electrons. The van der Waals surface area contributed by atoms with Crippen molar-refractivity contribution in [2.45, 2.75) is 17.4 Å². The minimum absolute atomic E-state index is 0.236. The SMILES string of the molecule is Nc1ccccc1SCC(O)CC(=O)O. The Bertz CT molecular complexity index is 343. The fourth-order valence-electron chi connectivity index (χ4n) is 1.06. The summed E-state index contributed by atoms with van der Waals surface area (Å²) in [4.78, 5) is 11.2. The summed E-state index contributed by atoms with van der Waals surface area (Å²) in [5, 5.41) is 17.8. The zero-order chi connectivity index (χ0) is 11.3. The summed E-state index contributed by atoms with van der Waals surface area (Å²) in [6, 6.07) is 7.29. The summed E-state index contributed by atoms with van der Waals surface area (Å²) >= 11 is 1.36. The number of nitrogens with two attached hydrogens (primary N) is 1. The number of para-hydroxylation sites is 1. The Morgan fingerprint density at radius 1 is 1.47 bits per heavy atom.